The quantitative estimate of drug-likeness (QED) is 0.405. The molecule has 6 nitrogen and oxygen atoms in total. The van der Waals surface area contributed by atoms with Crippen molar-refractivity contribution in [3.63, 3.8) is 0 Å². The van der Waals surface area contributed by atoms with Crippen molar-refractivity contribution in [1.82, 2.24) is 9.78 Å². The summed E-state index contributed by atoms with van der Waals surface area (Å²) in [6, 6.07) is 12.0. The summed E-state index contributed by atoms with van der Waals surface area (Å²) in [7, 11) is 3.27. The first kappa shape index (κ1) is 25.2. The Morgan fingerprint density at radius 3 is 2.32 bits per heavy atom. The van der Waals surface area contributed by atoms with Crippen molar-refractivity contribution in [3.8, 4) is 17.2 Å². The normalized spacial score (nSPS) is 20.6. The number of nitrogens with zero attached hydrogens (tertiary/aromatic N) is 3. The number of carbonyl (C=O) groups excluding carboxylic acids is 1. The number of aromatic nitrogens is 2. The molecule has 2 unspecified atom stereocenters. The van der Waals surface area contributed by atoms with Gasteiger partial charge in [0, 0.05) is 34.6 Å². The number of aliphatic imine (C=N–C) groups is 1. The van der Waals surface area contributed by atoms with Crippen molar-refractivity contribution in [2.24, 2.45) is 16.3 Å². The SMILES string of the molecule is COc1ccc(OC)c(C2c3c(C(C)(C)C)nn(-c4ccc(F)cc4)c3N=C3CC(C)(C)CC(=O)C32)c1. The third-order valence-corrected chi connectivity index (χ3v) is 7.36. The van der Waals surface area contributed by atoms with Gasteiger partial charge in [-0.1, -0.05) is 34.6 Å². The standard InChI is InChI=1S/C30H34FN3O3/c1-29(2,3)27-26-24(20-14-19(36-6)12-13-23(20)37-7)25-21(15-30(4,5)16-22(25)35)32-28(26)34(33-27)18-10-8-17(31)9-11-18/h8-14,24-25H,15-16H2,1-7H3. The molecule has 7 heteroatoms. The molecular weight excluding hydrogens is 469 g/mol. The van der Waals surface area contributed by atoms with Gasteiger partial charge in [0.1, 0.15) is 23.1 Å². The summed E-state index contributed by atoms with van der Waals surface area (Å²) in [5, 5.41) is 5.06. The summed E-state index contributed by atoms with van der Waals surface area (Å²) in [4.78, 5) is 19.0. The second-order valence-corrected chi connectivity index (χ2v) is 11.9. The summed E-state index contributed by atoms with van der Waals surface area (Å²) in [6.45, 7) is 10.5. The van der Waals surface area contributed by atoms with E-state index in [9.17, 15) is 9.18 Å². The van der Waals surface area contributed by atoms with Crippen LogP contribution in [0.25, 0.3) is 5.69 Å². The lowest BCUT2D eigenvalue weighted by Crippen LogP contribution is -2.43. The third kappa shape index (κ3) is 4.34. The minimum absolute atomic E-state index is 0.171. The average molecular weight is 504 g/mol. The van der Waals surface area contributed by atoms with Crippen LogP contribution in [-0.4, -0.2) is 35.5 Å². The lowest BCUT2D eigenvalue weighted by molar-refractivity contribution is -0.124. The first-order chi connectivity index (χ1) is 17.4. The van der Waals surface area contributed by atoms with Crippen LogP contribution in [0.2, 0.25) is 0 Å². The van der Waals surface area contributed by atoms with E-state index in [0.29, 0.717) is 35.8 Å². The molecule has 2 atom stereocenters. The fourth-order valence-electron chi connectivity index (χ4n) is 5.77. The number of halogens is 1. The van der Waals surface area contributed by atoms with Gasteiger partial charge < -0.3 is 9.47 Å². The minimum Gasteiger partial charge on any atom is -0.497 e. The average Bonchev–Trinajstić information content (AvgIpc) is 3.21. The van der Waals surface area contributed by atoms with Gasteiger partial charge in [-0.15, -0.1) is 0 Å². The van der Waals surface area contributed by atoms with Gasteiger partial charge in [-0.3, -0.25) is 4.79 Å². The molecule has 0 radical (unpaired) electrons. The van der Waals surface area contributed by atoms with Crippen LogP contribution in [0.15, 0.2) is 47.5 Å². The zero-order valence-corrected chi connectivity index (χ0v) is 22.6. The Balaban J connectivity index is 1.87. The van der Waals surface area contributed by atoms with E-state index in [-0.39, 0.29) is 28.3 Å². The molecule has 0 saturated heterocycles. The van der Waals surface area contributed by atoms with Gasteiger partial charge in [-0.05, 0) is 54.3 Å². The number of hydrogen-bond acceptors (Lipinski definition) is 5. The molecule has 1 aromatic heterocycles. The van der Waals surface area contributed by atoms with Crippen molar-refractivity contribution in [1.29, 1.82) is 0 Å². The summed E-state index contributed by atoms with van der Waals surface area (Å²) in [6.07, 6.45) is 1.18. The van der Waals surface area contributed by atoms with E-state index in [1.807, 2.05) is 18.2 Å². The predicted octanol–water partition coefficient (Wildman–Crippen LogP) is 6.55. The van der Waals surface area contributed by atoms with Crippen LogP contribution < -0.4 is 9.47 Å². The van der Waals surface area contributed by atoms with Crippen molar-refractivity contribution in [2.45, 2.75) is 58.8 Å². The van der Waals surface area contributed by atoms with Gasteiger partial charge >= 0.3 is 0 Å². The molecule has 1 fully saturated rings. The maximum absolute atomic E-state index is 13.8. The van der Waals surface area contributed by atoms with Gasteiger partial charge in [-0.2, -0.15) is 5.10 Å². The maximum atomic E-state index is 13.8. The minimum atomic E-state index is -0.423. The maximum Gasteiger partial charge on any atom is 0.159 e. The molecule has 0 spiro atoms. The molecule has 1 saturated carbocycles. The van der Waals surface area contributed by atoms with E-state index < -0.39 is 5.92 Å². The Labute approximate surface area is 217 Å². The Hall–Kier alpha value is -3.48. The van der Waals surface area contributed by atoms with Crippen molar-refractivity contribution in [3.05, 3.63) is 65.1 Å². The Morgan fingerprint density at radius 2 is 1.70 bits per heavy atom. The predicted molar refractivity (Wildman–Crippen MR) is 142 cm³/mol. The van der Waals surface area contributed by atoms with Crippen LogP contribution in [0.5, 0.6) is 11.5 Å². The summed E-state index contributed by atoms with van der Waals surface area (Å²) in [5.74, 6) is 1.14. The Kier molecular flexibility index (Phi) is 6.00. The van der Waals surface area contributed by atoms with E-state index in [2.05, 4.69) is 34.6 Å². The zero-order valence-electron chi connectivity index (χ0n) is 22.6. The highest BCUT2D eigenvalue weighted by molar-refractivity contribution is 6.11. The number of rotatable bonds is 4. The molecule has 3 aromatic rings. The third-order valence-electron chi connectivity index (χ3n) is 7.36. The first-order valence-corrected chi connectivity index (χ1v) is 12.6. The largest absolute Gasteiger partial charge is 0.497 e. The Morgan fingerprint density at radius 1 is 1.00 bits per heavy atom. The molecule has 2 heterocycles. The monoisotopic (exact) mass is 503 g/mol. The first-order valence-electron chi connectivity index (χ1n) is 12.6. The van der Waals surface area contributed by atoms with Crippen LogP contribution in [0.4, 0.5) is 10.2 Å². The van der Waals surface area contributed by atoms with Crippen LogP contribution in [0, 0.1) is 17.2 Å². The summed E-state index contributed by atoms with van der Waals surface area (Å²) in [5.41, 5.74) is 3.66. The van der Waals surface area contributed by atoms with Gasteiger partial charge in [0.25, 0.3) is 0 Å². The number of fused-ring (bicyclic) bond motifs is 2. The van der Waals surface area contributed by atoms with Crippen LogP contribution in [0.1, 0.15) is 70.2 Å². The number of hydrogen-bond donors (Lipinski definition) is 0. The van der Waals surface area contributed by atoms with Crippen LogP contribution >= 0.6 is 0 Å². The molecule has 37 heavy (non-hydrogen) atoms. The van der Waals surface area contributed by atoms with Gasteiger partial charge in [0.05, 0.1) is 31.5 Å². The molecule has 1 aliphatic carbocycles. The number of ketones is 1. The van der Waals surface area contributed by atoms with Crippen LogP contribution in [-0.2, 0) is 10.2 Å². The highest BCUT2D eigenvalue weighted by Gasteiger charge is 2.49. The second-order valence-electron chi connectivity index (χ2n) is 11.9. The van der Waals surface area contributed by atoms with E-state index >= 15 is 0 Å². The van der Waals surface area contributed by atoms with Crippen molar-refractivity contribution in [2.75, 3.05) is 14.2 Å². The topological polar surface area (TPSA) is 65.7 Å². The van der Waals surface area contributed by atoms with Crippen LogP contribution in [0.3, 0.4) is 0 Å². The van der Waals surface area contributed by atoms with E-state index in [1.165, 1.54) is 12.1 Å². The lowest BCUT2D eigenvalue weighted by atomic mass is 9.63. The van der Waals surface area contributed by atoms with Gasteiger partial charge in [0.15, 0.2) is 5.82 Å². The smallest absolute Gasteiger partial charge is 0.159 e. The summed E-state index contributed by atoms with van der Waals surface area (Å²) < 4.78 is 27.0. The molecule has 2 aliphatic rings. The molecule has 0 bridgehead atoms. The molecule has 194 valence electrons. The summed E-state index contributed by atoms with van der Waals surface area (Å²) >= 11 is 0. The number of carbonyl (C=O) groups is 1. The highest BCUT2D eigenvalue weighted by atomic mass is 19.1. The molecule has 1 aliphatic heterocycles. The molecule has 2 aromatic carbocycles. The molecule has 0 amide bonds. The Bertz CT molecular complexity index is 1400. The van der Waals surface area contributed by atoms with E-state index in [4.69, 9.17) is 19.6 Å². The van der Waals surface area contributed by atoms with E-state index in [1.54, 1.807) is 31.0 Å². The lowest BCUT2D eigenvalue weighted by Gasteiger charge is -2.41. The number of ether oxygens (including phenoxy) is 2. The van der Waals surface area contributed by atoms with Gasteiger partial charge in [-0.25, -0.2) is 14.1 Å². The molecule has 5 rings (SSSR count). The molecular formula is C30H34FN3O3. The fourth-order valence-corrected chi connectivity index (χ4v) is 5.77. The van der Waals surface area contributed by atoms with Crippen molar-refractivity contribution < 1.29 is 18.7 Å². The fraction of sp³-hybridized carbons (Fsp3) is 0.433. The zero-order chi connectivity index (χ0) is 26.7. The number of Topliss-reactive ketones (excluding diaryl/α,β-unsaturated/α-hetero) is 1. The van der Waals surface area contributed by atoms with Gasteiger partial charge in [0.2, 0.25) is 0 Å². The number of benzene rings is 2. The van der Waals surface area contributed by atoms with Crippen molar-refractivity contribution >= 4 is 17.3 Å². The number of methoxy groups -OCH3 is 2. The highest BCUT2D eigenvalue weighted by Crippen LogP contribution is 2.53. The second kappa shape index (κ2) is 8.82. The molecule has 0 N–H and O–H groups in total. The van der Waals surface area contributed by atoms with E-state index in [0.717, 1.165) is 22.5 Å².